The maximum atomic E-state index is 13.1. The molecule has 0 atom stereocenters. The molecule has 0 saturated carbocycles. The van der Waals surface area contributed by atoms with E-state index in [1.807, 2.05) is 66.7 Å². The zero-order valence-electron chi connectivity index (χ0n) is 17.9. The molecule has 1 saturated heterocycles. The van der Waals surface area contributed by atoms with Crippen molar-refractivity contribution in [3.05, 3.63) is 84.1 Å². The van der Waals surface area contributed by atoms with Crippen molar-refractivity contribution < 1.29 is 4.79 Å². The van der Waals surface area contributed by atoms with Gasteiger partial charge in [0, 0.05) is 56.2 Å². The molecule has 0 aliphatic carbocycles. The Kier molecular flexibility index (Phi) is 5.08. The standard InChI is InChI=1S/C26H23N5O/c1-29-11-10-25(28-29)22-6-4-21-17-23(7-5-20(21)16-22)26(32)31-14-12-30(13-15-31)24-8-2-19(18-27)3-9-24/h2-11,16-17H,12-15H2,1H3. The van der Waals surface area contributed by atoms with Crippen molar-refractivity contribution in [2.75, 3.05) is 31.1 Å². The van der Waals surface area contributed by atoms with E-state index < -0.39 is 0 Å². The van der Waals surface area contributed by atoms with Crippen molar-refractivity contribution in [2.45, 2.75) is 0 Å². The molecule has 0 radical (unpaired) electrons. The van der Waals surface area contributed by atoms with Crippen LogP contribution >= 0.6 is 0 Å². The van der Waals surface area contributed by atoms with Gasteiger partial charge >= 0.3 is 0 Å². The van der Waals surface area contributed by atoms with Crippen LogP contribution < -0.4 is 4.90 Å². The predicted octanol–water partition coefficient (Wildman–Crippen LogP) is 4.07. The first-order valence-corrected chi connectivity index (χ1v) is 10.7. The van der Waals surface area contributed by atoms with Gasteiger partial charge in [-0.05, 0) is 59.3 Å². The highest BCUT2D eigenvalue weighted by Crippen LogP contribution is 2.25. The van der Waals surface area contributed by atoms with E-state index in [4.69, 9.17) is 5.26 Å². The largest absolute Gasteiger partial charge is 0.368 e. The molecule has 6 nitrogen and oxygen atoms in total. The van der Waals surface area contributed by atoms with Gasteiger partial charge in [-0.2, -0.15) is 10.4 Å². The van der Waals surface area contributed by atoms with Crippen molar-refractivity contribution in [3.63, 3.8) is 0 Å². The summed E-state index contributed by atoms with van der Waals surface area (Å²) in [5, 5.41) is 15.6. The summed E-state index contributed by atoms with van der Waals surface area (Å²) < 4.78 is 1.79. The number of benzene rings is 3. The first kappa shape index (κ1) is 19.8. The highest BCUT2D eigenvalue weighted by molar-refractivity contribution is 5.99. The summed E-state index contributed by atoms with van der Waals surface area (Å²) in [6.45, 7) is 2.91. The number of nitriles is 1. The van der Waals surface area contributed by atoms with Gasteiger partial charge in [-0.1, -0.05) is 18.2 Å². The second kappa shape index (κ2) is 8.20. The van der Waals surface area contributed by atoms with Crippen molar-refractivity contribution in [2.24, 2.45) is 7.05 Å². The molecular formula is C26H23N5O. The first-order valence-electron chi connectivity index (χ1n) is 10.7. The quantitative estimate of drug-likeness (QED) is 0.500. The number of hydrogen-bond donors (Lipinski definition) is 0. The minimum Gasteiger partial charge on any atom is -0.368 e. The van der Waals surface area contributed by atoms with Gasteiger partial charge in [0.1, 0.15) is 0 Å². The molecule has 0 bridgehead atoms. The van der Waals surface area contributed by atoms with Crippen molar-refractivity contribution in [1.82, 2.24) is 14.7 Å². The van der Waals surface area contributed by atoms with E-state index in [-0.39, 0.29) is 5.91 Å². The molecule has 1 aliphatic rings. The molecule has 3 aromatic carbocycles. The number of nitrogens with zero attached hydrogens (tertiary/aromatic N) is 5. The number of fused-ring (bicyclic) bond motifs is 1. The van der Waals surface area contributed by atoms with E-state index in [9.17, 15) is 4.79 Å². The van der Waals surface area contributed by atoms with Crippen LogP contribution in [0.5, 0.6) is 0 Å². The minimum absolute atomic E-state index is 0.0696. The lowest BCUT2D eigenvalue weighted by Gasteiger charge is -2.36. The molecule has 5 rings (SSSR count). The van der Waals surface area contributed by atoms with Crippen LogP contribution in [0.3, 0.4) is 0 Å². The number of rotatable bonds is 3. The van der Waals surface area contributed by atoms with Gasteiger partial charge in [0.25, 0.3) is 5.91 Å². The molecule has 4 aromatic rings. The fourth-order valence-corrected chi connectivity index (χ4v) is 4.20. The van der Waals surface area contributed by atoms with E-state index in [0.717, 1.165) is 46.4 Å². The number of carbonyl (C=O) groups excluding carboxylic acids is 1. The van der Waals surface area contributed by atoms with Gasteiger partial charge < -0.3 is 9.80 Å². The average Bonchev–Trinajstić information content (AvgIpc) is 3.29. The lowest BCUT2D eigenvalue weighted by atomic mass is 10.0. The summed E-state index contributed by atoms with van der Waals surface area (Å²) in [5.74, 6) is 0.0696. The minimum atomic E-state index is 0.0696. The number of amides is 1. The first-order chi connectivity index (χ1) is 15.6. The van der Waals surface area contributed by atoms with Gasteiger partial charge in [0.2, 0.25) is 0 Å². The van der Waals surface area contributed by atoms with Crippen LogP contribution in [0, 0.1) is 11.3 Å². The van der Waals surface area contributed by atoms with Crippen LogP contribution in [0.2, 0.25) is 0 Å². The van der Waals surface area contributed by atoms with E-state index in [1.54, 1.807) is 4.68 Å². The van der Waals surface area contributed by atoms with Crippen LogP contribution in [0.1, 0.15) is 15.9 Å². The molecule has 158 valence electrons. The highest BCUT2D eigenvalue weighted by atomic mass is 16.2. The Bertz CT molecular complexity index is 1320. The van der Waals surface area contributed by atoms with Gasteiger partial charge in [0.05, 0.1) is 17.3 Å². The molecule has 0 unspecified atom stereocenters. The summed E-state index contributed by atoms with van der Waals surface area (Å²) >= 11 is 0. The van der Waals surface area contributed by atoms with Crippen LogP contribution in [0.4, 0.5) is 5.69 Å². The molecule has 32 heavy (non-hydrogen) atoms. The summed E-state index contributed by atoms with van der Waals surface area (Å²) in [7, 11) is 1.91. The zero-order chi connectivity index (χ0) is 22.1. The third-order valence-electron chi connectivity index (χ3n) is 6.03. The van der Waals surface area contributed by atoms with Crippen molar-refractivity contribution in [3.8, 4) is 17.3 Å². The van der Waals surface area contributed by atoms with Crippen molar-refractivity contribution >= 4 is 22.4 Å². The van der Waals surface area contributed by atoms with E-state index in [2.05, 4.69) is 34.3 Å². The molecule has 0 spiro atoms. The van der Waals surface area contributed by atoms with Crippen molar-refractivity contribution in [1.29, 1.82) is 5.26 Å². The molecule has 2 heterocycles. The Morgan fingerprint density at radius 3 is 2.31 bits per heavy atom. The van der Waals surface area contributed by atoms with Crippen LogP contribution in [0.25, 0.3) is 22.0 Å². The number of aryl methyl sites for hydroxylation is 1. The van der Waals surface area contributed by atoms with Crippen LogP contribution in [-0.2, 0) is 7.05 Å². The maximum Gasteiger partial charge on any atom is 0.253 e. The fraction of sp³-hybridized carbons (Fsp3) is 0.192. The Morgan fingerprint density at radius 1 is 0.906 bits per heavy atom. The molecule has 1 amide bonds. The third-order valence-corrected chi connectivity index (χ3v) is 6.03. The predicted molar refractivity (Wildman–Crippen MR) is 125 cm³/mol. The van der Waals surface area contributed by atoms with Gasteiger partial charge in [-0.25, -0.2) is 0 Å². The lowest BCUT2D eigenvalue weighted by molar-refractivity contribution is 0.0747. The third kappa shape index (κ3) is 3.81. The summed E-state index contributed by atoms with van der Waals surface area (Å²) in [5.41, 5.74) is 4.47. The summed E-state index contributed by atoms with van der Waals surface area (Å²) in [6.07, 6.45) is 1.93. The second-order valence-electron chi connectivity index (χ2n) is 8.09. The van der Waals surface area contributed by atoms with E-state index in [0.29, 0.717) is 18.7 Å². The molecule has 1 aromatic heterocycles. The number of carbonyl (C=O) groups is 1. The van der Waals surface area contributed by atoms with E-state index >= 15 is 0 Å². The molecule has 0 N–H and O–H groups in total. The molecular weight excluding hydrogens is 398 g/mol. The molecule has 6 heteroatoms. The Balaban J connectivity index is 1.29. The average molecular weight is 422 g/mol. The molecule has 1 fully saturated rings. The Labute approximate surface area is 186 Å². The molecule has 1 aliphatic heterocycles. The summed E-state index contributed by atoms with van der Waals surface area (Å²) in [4.78, 5) is 17.3. The number of piperazine rings is 1. The zero-order valence-corrected chi connectivity index (χ0v) is 17.9. The van der Waals surface area contributed by atoms with Gasteiger partial charge in [-0.3, -0.25) is 9.48 Å². The van der Waals surface area contributed by atoms with Gasteiger partial charge in [0.15, 0.2) is 0 Å². The Morgan fingerprint density at radius 2 is 1.62 bits per heavy atom. The number of hydrogen-bond acceptors (Lipinski definition) is 4. The Hall–Kier alpha value is -4.11. The SMILES string of the molecule is Cn1ccc(-c2ccc3cc(C(=O)N4CCN(c5ccc(C#N)cc5)CC4)ccc3c2)n1. The fourth-order valence-electron chi connectivity index (χ4n) is 4.20. The number of aromatic nitrogens is 2. The smallest absolute Gasteiger partial charge is 0.253 e. The lowest BCUT2D eigenvalue weighted by Crippen LogP contribution is -2.48. The van der Waals surface area contributed by atoms with E-state index in [1.165, 1.54) is 0 Å². The maximum absolute atomic E-state index is 13.1. The monoisotopic (exact) mass is 421 g/mol. The summed E-state index contributed by atoms with van der Waals surface area (Å²) in [6, 6.07) is 23.9. The highest BCUT2D eigenvalue weighted by Gasteiger charge is 2.22. The normalized spacial score (nSPS) is 13.9. The topological polar surface area (TPSA) is 65.2 Å². The van der Waals surface area contributed by atoms with Crippen LogP contribution in [0.15, 0.2) is 72.9 Å². The van der Waals surface area contributed by atoms with Crippen LogP contribution in [-0.4, -0.2) is 46.8 Å². The number of anilines is 1. The second-order valence-corrected chi connectivity index (χ2v) is 8.09. The van der Waals surface area contributed by atoms with Gasteiger partial charge in [-0.15, -0.1) is 0 Å².